The molecule has 0 fully saturated rings. The van der Waals surface area contributed by atoms with Gasteiger partial charge in [-0.1, -0.05) is 33.1 Å². The Morgan fingerprint density at radius 3 is 1.46 bits per heavy atom. The summed E-state index contributed by atoms with van der Waals surface area (Å²) in [7, 11) is 0. The summed E-state index contributed by atoms with van der Waals surface area (Å²) in [4.78, 5) is 0. The second kappa shape index (κ2) is 6.53. The Bertz CT molecular complexity index is 227. The predicted octanol–water partition coefficient (Wildman–Crippen LogP) is -2.88. The molecule has 1 radical (unpaired) electrons. The van der Waals surface area contributed by atoms with Crippen LogP contribution in [-0.2, 0) is 19.5 Å². The first kappa shape index (κ1) is 19.6. The van der Waals surface area contributed by atoms with E-state index in [2.05, 4.69) is 40.7 Å². The minimum absolute atomic E-state index is 0. The second-order valence-corrected chi connectivity index (χ2v) is 3.62. The first-order chi connectivity index (χ1) is 4.45. The summed E-state index contributed by atoms with van der Waals surface area (Å²) in [5.74, 6) is 0. The van der Waals surface area contributed by atoms with Crippen molar-refractivity contribution < 1.29 is 53.4 Å². The second-order valence-electron chi connectivity index (χ2n) is 3.62. The quantitative estimate of drug-likeness (QED) is 0.305. The van der Waals surface area contributed by atoms with Crippen LogP contribution in [-0.4, -0.2) is 0 Å². The van der Waals surface area contributed by atoms with E-state index in [-0.39, 0.29) is 58.9 Å². The van der Waals surface area contributed by atoms with Crippen molar-refractivity contribution in [3.63, 3.8) is 0 Å². The molecule has 0 aromatic heterocycles. The molecular weight excluding hydrogens is 381 g/mol. The van der Waals surface area contributed by atoms with E-state index >= 15 is 0 Å². The number of halogens is 2. The normalized spacial score (nSPS) is 18.1. The molecule has 77 valence electrons. The van der Waals surface area contributed by atoms with Gasteiger partial charge in [-0.25, -0.2) is 5.57 Å². The van der Waals surface area contributed by atoms with Gasteiger partial charge in [0.05, 0.1) is 0 Å². The third-order valence-corrected chi connectivity index (χ3v) is 2.56. The van der Waals surface area contributed by atoms with E-state index in [4.69, 9.17) is 0 Å². The Morgan fingerprint density at radius 1 is 1.00 bits per heavy atom. The van der Waals surface area contributed by atoms with Crippen LogP contribution in [0.3, 0.4) is 0 Å². The van der Waals surface area contributed by atoms with Gasteiger partial charge in [-0.15, -0.1) is 6.92 Å². The third kappa shape index (κ3) is 3.97. The third-order valence-electron chi connectivity index (χ3n) is 2.56. The summed E-state index contributed by atoms with van der Waals surface area (Å²) in [6, 6.07) is 0. The van der Waals surface area contributed by atoms with E-state index < -0.39 is 0 Å². The molecule has 0 spiro atoms. The van der Waals surface area contributed by atoms with E-state index in [9.17, 15) is 0 Å². The van der Waals surface area contributed by atoms with Crippen molar-refractivity contribution in [1.29, 1.82) is 0 Å². The molecule has 1 aliphatic carbocycles. The summed E-state index contributed by atoms with van der Waals surface area (Å²) in [5.41, 5.74) is 4.39. The SMILES string of the molecule is CC1=[C-]C(C)(C)C(C)=C1C.[Br-].[Br-].[Ru+3]. The molecule has 0 bridgehead atoms. The van der Waals surface area contributed by atoms with Crippen molar-refractivity contribution in [1.82, 2.24) is 0 Å². The molecule has 0 amide bonds. The Morgan fingerprint density at radius 2 is 1.38 bits per heavy atom. The van der Waals surface area contributed by atoms with E-state index in [0.29, 0.717) is 0 Å². The van der Waals surface area contributed by atoms with Crippen molar-refractivity contribution in [2.24, 2.45) is 5.41 Å². The van der Waals surface area contributed by atoms with E-state index in [1.54, 1.807) is 0 Å². The van der Waals surface area contributed by atoms with Crippen molar-refractivity contribution in [2.45, 2.75) is 34.6 Å². The van der Waals surface area contributed by atoms with Crippen LogP contribution in [0.1, 0.15) is 34.6 Å². The zero-order valence-electron chi connectivity index (χ0n) is 8.61. The first-order valence-corrected chi connectivity index (χ1v) is 3.75. The molecule has 3 heteroatoms. The molecule has 0 aromatic rings. The summed E-state index contributed by atoms with van der Waals surface area (Å²) >= 11 is 0. The smallest absolute Gasteiger partial charge is 1.00 e. The van der Waals surface area contributed by atoms with E-state index in [0.717, 1.165) is 0 Å². The van der Waals surface area contributed by atoms with Gasteiger partial charge in [0.25, 0.3) is 0 Å². The van der Waals surface area contributed by atoms with Crippen LogP contribution in [0.25, 0.3) is 0 Å². The molecule has 0 N–H and O–H groups in total. The number of hydrogen-bond donors (Lipinski definition) is 0. The average molecular weight is 396 g/mol. The molecule has 1 aliphatic rings. The van der Waals surface area contributed by atoms with Gasteiger partial charge in [-0.3, -0.25) is 6.08 Å². The van der Waals surface area contributed by atoms with Gasteiger partial charge >= 0.3 is 19.5 Å². The fourth-order valence-corrected chi connectivity index (χ4v) is 1.41. The maximum atomic E-state index is 3.44. The molecule has 0 aliphatic heterocycles. The summed E-state index contributed by atoms with van der Waals surface area (Å²) in [6.07, 6.45) is 3.44. The molecule has 0 heterocycles. The zero-order valence-corrected chi connectivity index (χ0v) is 13.5. The van der Waals surface area contributed by atoms with Gasteiger partial charge in [0.15, 0.2) is 0 Å². The molecule has 13 heavy (non-hydrogen) atoms. The van der Waals surface area contributed by atoms with Crippen molar-refractivity contribution >= 4 is 0 Å². The van der Waals surface area contributed by atoms with Crippen LogP contribution in [0.4, 0.5) is 0 Å². The molecular formula is C10H15Br2Ru. The Kier molecular flexibility index (Phi) is 9.85. The van der Waals surface area contributed by atoms with Crippen LogP contribution in [0.2, 0.25) is 0 Å². The van der Waals surface area contributed by atoms with Crippen LogP contribution >= 0.6 is 0 Å². The summed E-state index contributed by atoms with van der Waals surface area (Å²) < 4.78 is 0. The predicted molar refractivity (Wildman–Crippen MR) is 44.6 cm³/mol. The molecule has 0 unspecified atom stereocenters. The van der Waals surface area contributed by atoms with Crippen molar-refractivity contribution in [3.05, 3.63) is 22.8 Å². The van der Waals surface area contributed by atoms with Crippen molar-refractivity contribution in [3.8, 4) is 0 Å². The van der Waals surface area contributed by atoms with Gasteiger partial charge < -0.3 is 34.0 Å². The Hall–Kier alpha value is 1.06. The van der Waals surface area contributed by atoms with Gasteiger partial charge in [0.1, 0.15) is 0 Å². The van der Waals surface area contributed by atoms with Gasteiger partial charge in [0.2, 0.25) is 0 Å². The van der Waals surface area contributed by atoms with Crippen LogP contribution in [0.5, 0.6) is 0 Å². The van der Waals surface area contributed by atoms with Crippen molar-refractivity contribution in [2.75, 3.05) is 0 Å². The van der Waals surface area contributed by atoms with Gasteiger partial charge in [-0.05, 0) is 0 Å². The zero-order chi connectivity index (χ0) is 7.94. The molecule has 0 aromatic carbocycles. The molecule has 0 saturated heterocycles. The number of rotatable bonds is 0. The minimum atomic E-state index is 0. The topological polar surface area (TPSA) is 0 Å². The first-order valence-electron chi connectivity index (χ1n) is 3.75. The Labute approximate surface area is 116 Å². The van der Waals surface area contributed by atoms with Crippen LogP contribution < -0.4 is 34.0 Å². The Balaban J connectivity index is -0.000000333. The average Bonchev–Trinajstić information content (AvgIpc) is 1.95. The minimum Gasteiger partial charge on any atom is -1.00 e. The molecule has 0 saturated carbocycles. The van der Waals surface area contributed by atoms with Gasteiger partial charge in [-0.2, -0.15) is 11.1 Å². The van der Waals surface area contributed by atoms with Gasteiger partial charge in [0, 0.05) is 0 Å². The standard InChI is InChI=1S/C10H15.2BrH.Ru/c1-7-6-10(4,5)9(3)8(7)2;;;/h1-5H3;2*1H;/q-1;;;+3/p-2. The fraction of sp³-hybridized carbons (Fsp3) is 0.600. The largest absolute Gasteiger partial charge is 3.00 e. The maximum Gasteiger partial charge on any atom is 3.00 e. The fourth-order valence-electron chi connectivity index (χ4n) is 1.41. The summed E-state index contributed by atoms with van der Waals surface area (Å²) in [6.45, 7) is 10.9. The monoisotopic (exact) mass is 395 g/mol. The van der Waals surface area contributed by atoms with E-state index in [1.807, 2.05) is 0 Å². The molecule has 0 atom stereocenters. The number of allylic oxidation sites excluding steroid dienone is 4. The molecule has 1 rings (SSSR count). The van der Waals surface area contributed by atoms with E-state index in [1.165, 1.54) is 16.7 Å². The number of hydrogen-bond acceptors (Lipinski definition) is 0. The van der Waals surface area contributed by atoms with Crippen LogP contribution in [0, 0.1) is 11.5 Å². The summed E-state index contributed by atoms with van der Waals surface area (Å²) in [5, 5.41) is 0. The maximum absolute atomic E-state index is 3.44. The molecule has 0 nitrogen and oxygen atoms in total. The van der Waals surface area contributed by atoms with Crippen LogP contribution in [0.15, 0.2) is 16.7 Å².